The number of pyridine rings is 2. The van der Waals surface area contributed by atoms with Crippen LogP contribution in [0.5, 0.6) is 0 Å². The van der Waals surface area contributed by atoms with Crippen molar-refractivity contribution in [1.29, 1.82) is 0 Å². The molecule has 0 aliphatic carbocycles. The van der Waals surface area contributed by atoms with Crippen molar-refractivity contribution in [2.45, 2.75) is 13.8 Å². The Hall–Kier alpha value is -3.47. The Bertz CT molecular complexity index is 1050. The van der Waals surface area contributed by atoms with E-state index < -0.39 is 0 Å². The number of fused-ring (bicyclic) bond motifs is 2. The van der Waals surface area contributed by atoms with Gasteiger partial charge >= 0.3 is 6.03 Å². The van der Waals surface area contributed by atoms with Crippen molar-refractivity contribution in [3.05, 3.63) is 72.1 Å². The van der Waals surface area contributed by atoms with Gasteiger partial charge in [-0.25, -0.2) is 4.79 Å². The van der Waals surface area contributed by atoms with Crippen LogP contribution in [0.2, 0.25) is 0 Å². The van der Waals surface area contributed by atoms with E-state index in [9.17, 15) is 4.79 Å². The zero-order chi connectivity index (χ0) is 18.1. The maximum atomic E-state index is 12.3. The van der Waals surface area contributed by atoms with Crippen molar-refractivity contribution >= 4 is 39.2 Å². The van der Waals surface area contributed by atoms with Crippen molar-refractivity contribution in [2.24, 2.45) is 0 Å². The molecule has 0 aliphatic rings. The second kappa shape index (κ2) is 6.44. The zero-order valence-electron chi connectivity index (χ0n) is 14.6. The number of rotatable bonds is 2. The average molecular weight is 342 g/mol. The summed E-state index contributed by atoms with van der Waals surface area (Å²) in [7, 11) is 0. The van der Waals surface area contributed by atoms with Gasteiger partial charge in [0.2, 0.25) is 0 Å². The molecule has 0 atom stereocenters. The van der Waals surface area contributed by atoms with Gasteiger partial charge in [0.15, 0.2) is 0 Å². The van der Waals surface area contributed by atoms with Crippen molar-refractivity contribution in [1.82, 2.24) is 9.97 Å². The number of hydrogen-bond acceptors (Lipinski definition) is 3. The number of nitrogens with zero attached hydrogens (tertiary/aromatic N) is 2. The SMILES string of the molecule is Cc1ccc2cc(NC(=O)Nc3ccc4nc(C)ccc4c3)ccc2n1. The van der Waals surface area contributed by atoms with E-state index in [0.717, 1.165) is 44.6 Å². The normalized spacial score (nSPS) is 10.8. The summed E-state index contributed by atoms with van der Waals surface area (Å²) in [5.74, 6) is 0. The van der Waals surface area contributed by atoms with Crippen LogP contribution in [0.15, 0.2) is 60.7 Å². The summed E-state index contributed by atoms with van der Waals surface area (Å²) in [6, 6.07) is 18.9. The summed E-state index contributed by atoms with van der Waals surface area (Å²) >= 11 is 0. The van der Waals surface area contributed by atoms with Gasteiger partial charge in [-0.05, 0) is 62.4 Å². The second-order valence-electron chi connectivity index (χ2n) is 6.30. The van der Waals surface area contributed by atoms with Crippen LogP contribution >= 0.6 is 0 Å². The Morgan fingerprint density at radius 3 is 1.62 bits per heavy atom. The number of carbonyl (C=O) groups excluding carboxylic acids is 1. The molecular formula is C21H18N4O. The molecule has 0 saturated carbocycles. The summed E-state index contributed by atoms with van der Waals surface area (Å²) in [5.41, 5.74) is 5.20. The molecule has 2 N–H and O–H groups in total. The van der Waals surface area contributed by atoms with Gasteiger partial charge in [0.25, 0.3) is 0 Å². The van der Waals surface area contributed by atoms with Crippen molar-refractivity contribution < 1.29 is 4.79 Å². The van der Waals surface area contributed by atoms with Crippen LogP contribution in [0, 0.1) is 13.8 Å². The molecule has 0 saturated heterocycles. The molecule has 0 aliphatic heterocycles. The number of aryl methyl sites for hydroxylation is 2. The molecule has 5 heteroatoms. The van der Waals surface area contributed by atoms with Crippen LogP contribution in [0.25, 0.3) is 21.8 Å². The highest BCUT2D eigenvalue weighted by Crippen LogP contribution is 2.20. The number of benzene rings is 2. The van der Waals surface area contributed by atoms with Gasteiger partial charge in [0.05, 0.1) is 11.0 Å². The fourth-order valence-corrected chi connectivity index (χ4v) is 2.90. The molecule has 0 spiro atoms. The van der Waals surface area contributed by atoms with Gasteiger partial charge in [0.1, 0.15) is 0 Å². The maximum absolute atomic E-state index is 12.3. The van der Waals surface area contributed by atoms with E-state index in [1.165, 1.54) is 0 Å². The van der Waals surface area contributed by atoms with Gasteiger partial charge < -0.3 is 10.6 Å². The third kappa shape index (κ3) is 3.32. The van der Waals surface area contributed by atoms with E-state index >= 15 is 0 Å². The molecule has 2 amide bonds. The first-order chi connectivity index (χ1) is 12.6. The molecule has 128 valence electrons. The molecule has 0 bridgehead atoms. The van der Waals surface area contributed by atoms with E-state index in [1.807, 2.05) is 74.5 Å². The Morgan fingerprint density at radius 2 is 1.15 bits per heavy atom. The first-order valence-corrected chi connectivity index (χ1v) is 8.40. The third-order valence-corrected chi connectivity index (χ3v) is 4.17. The van der Waals surface area contributed by atoms with Gasteiger partial charge in [0, 0.05) is 33.5 Å². The van der Waals surface area contributed by atoms with Crippen molar-refractivity contribution in [3.8, 4) is 0 Å². The number of nitrogens with one attached hydrogen (secondary N) is 2. The molecule has 26 heavy (non-hydrogen) atoms. The standard InChI is InChI=1S/C21H18N4O/c1-13-3-5-15-11-17(7-9-19(15)22-13)24-21(26)25-18-8-10-20-16(12-18)6-4-14(2)23-20/h3-12H,1-2H3,(H2,24,25,26). The summed E-state index contributed by atoms with van der Waals surface area (Å²) in [4.78, 5) is 21.2. The average Bonchev–Trinajstić information content (AvgIpc) is 2.62. The Labute approximate surface area is 151 Å². The predicted octanol–water partition coefficient (Wildman–Crippen LogP) is 5.04. The van der Waals surface area contributed by atoms with E-state index in [0.29, 0.717) is 0 Å². The number of carbonyl (C=O) groups is 1. The van der Waals surface area contributed by atoms with Crippen LogP contribution in [-0.4, -0.2) is 16.0 Å². The Morgan fingerprint density at radius 1 is 0.692 bits per heavy atom. The predicted molar refractivity (Wildman–Crippen MR) is 106 cm³/mol. The summed E-state index contributed by atoms with van der Waals surface area (Å²) in [5, 5.41) is 7.70. The Kier molecular flexibility index (Phi) is 3.97. The minimum absolute atomic E-state index is 0.288. The largest absolute Gasteiger partial charge is 0.323 e. The minimum Gasteiger partial charge on any atom is -0.308 e. The van der Waals surface area contributed by atoms with E-state index in [1.54, 1.807) is 0 Å². The van der Waals surface area contributed by atoms with Crippen LogP contribution in [0.1, 0.15) is 11.4 Å². The van der Waals surface area contributed by atoms with E-state index in [4.69, 9.17) is 0 Å². The smallest absolute Gasteiger partial charge is 0.308 e. The number of anilines is 2. The van der Waals surface area contributed by atoms with Gasteiger partial charge in [-0.3, -0.25) is 9.97 Å². The summed E-state index contributed by atoms with van der Waals surface area (Å²) < 4.78 is 0. The lowest BCUT2D eigenvalue weighted by atomic mass is 10.2. The molecule has 0 fully saturated rings. The maximum Gasteiger partial charge on any atom is 0.323 e. The topological polar surface area (TPSA) is 66.9 Å². The number of amides is 2. The number of aromatic nitrogens is 2. The van der Waals surface area contributed by atoms with Gasteiger partial charge in [-0.15, -0.1) is 0 Å². The molecule has 4 aromatic rings. The quantitative estimate of drug-likeness (QED) is 0.536. The van der Waals surface area contributed by atoms with Gasteiger partial charge in [-0.1, -0.05) is 12.1 Å². The molecule has 2 heterocycles. The van der Waals surface area contributed by atoms with Crippen LogP contribution in [0.4, 0.5) is 16.2 Å². The lowest BCUT2D eigenvalue weighted by Gasteiger charge is -2.09. The number of urea groups is 1. The third-order valence-electron chi connectivity index (χ3n) is 4.17. The van der Waals surface area contributed by atoms with Crippen LogP contribution in [0.3, 0.4) is 0 Å². The fourth-order valence-electron chi connectivity index (χ4n) is 2.90. The summed E-state index contributed by atoms with van der Waals surface area (Å²) in [6.07, 6.45) is 0. The monoisotopic (exact) mass is 342 g/mol. The Balaban J connectivity index is 1.51. The lowest BCUT2D eigenvalue weighted by Crippen LogP contribution is -2.19. The van der Waals surface area contributed by atoms with Crippen molar-refractivity contribution in [2.75, 3.05) is 10.6 Å². The van der Waals surface area contributed by atoms with Crippen LogP contribution < -0.4 is 10.6 Å². The first kappa shape index (κ1) is 16.0. The highest BCUT2D eigenvalue weighted by atomic mass is 16.2. The number of hydrogen-bond donors (Lipinski definition) is 2. The highest BCUT2D eigenvalue weighted by molar-refractivity contribution is 6.02. The highest BCUT2D eigenvalue weighted by Gasteiger charge is 2.05. The molecule has 2 aromatic heterocycles. The van der Waals surface area contributed by atoms with E-state index in [2.05, 4.69) is 20.6 Å². The molecular weight excluding hydrogens is 324 g/mol. The van der Waals surface area contributed by atoms with Gasteiger partial charge in [-0.2, -0.15) is 0 Å². The molecule has 2 aromatic carbocycles. The van der Waals surface area contributed by atoms with Crippen molar-refractivity contribution in [3.63, 3.8) is 0 Å². The lowest BCUT2D eigenvalue weighted by molar-refractivity contribution is 0.262. The second-order valence-corrected chi connectivity index (χ2v) is 6.30. The zero-order valence-corrected chi connectivity index (χ0v) is 14.6. The molecule has 4 rings (SSSR count). The minimum atomic E-state index is -0.288. The van der Waals surface area contributed by atoms with Crippen LogP contribution in [-0.2, 0) is 0 Å². The summed E-state index contributed by atoms with van der Waals surface area (Å²) in [6.45, 7) is 3.92. The molecule has 0 unspecified atom stereocenters. The first-order valence-electron chi connectivity index (χ1n) is 8.40. The molecule has 5 nitrogen and oxygen atoms in total. The van der Waals surface area contributed by atoms with E-state index in [-0.39, 0.29) is 6.03 Å². The molecule has 0 radical (unpaired) electrons. The fraction of sp³-hybridized carbons (Fsp3) is 0.0952.